The van der Waals surface area contributed by atoms with E-state index in [0.717, 1.165) is 65.9 Å². The molecule has 0 unspecified atom stereocenters. The van der Waals surface area contributed by atoms with Gasteiger partial charge in [0.05, 0.1) is 34.8 Å². The van der Waals surface area contributed by atoms with Gasteiger partial charge in [0.1, 0.15) is 12.1 Å². The SMILES string of the molecule is Cc1ncsc1-c1ccc([C@H](C)NC(=O)[C@@H]2C[C@@H](OCc3ccccc3)CN2C(=O)[C@@H](NC(=O)CCCCCCCCCCN)C(C)(C)C)cc1. The second kappa shape index (κ2) is 19.9. The van der Waals surface area contributed by atoms with E-state index < -0.39 is 17.5 Å². The summed E-state index contributed by atoms with van der Waals surface area (Å²) in [6.07, 6.45) is 9.13. The average Bonchev–Trinajstić information content (AvgIpc) is 3.75. The van der Waals surface area contributed by atoms with Crippen LogP contribution in [0.25, 0.3) is 10.4 Å². The zero-order valence-corrected chi connectivity index (χ0v) is 32.1. The van der Waals surface area contributed by atoms with Crippen LogP contribution in [0.15, 0.2) is 60.1 Å². The number of rotatable bonds is 19. The Hall–Kier alpha value is -3.60. The number of nitrogens with zero attached hydrogens (tertiary/aromatic N) is 2. The molecule has 3 amide bonds. The van der Waals surface area contributed by atoms with Gasteiger partial charge in [0.25, 0.3) is 0 Å². The van der Waals surface area contributed by atoms with Crippen molar-refractivity contribution in [2.75, 3.05) is 13.1 Å². The molecule has 0 bridgehead atoms. The number of nitrogens with one attached hydrogen (secondary N) is 2. The Kier molecular flexibility index (Phi) is 15.6. The molecule has 4 N–H and O–H groups in total. The van der Waals surface area contributed by atoms with E-state index >= 15 is 0 Å². The van der Waals surface area contributed by atoms with Crippen LogP contribution in [0.2, 0.25) is 0 Å². The van der Waals surface area contributed by atoms with E-state index in [-0.39, 0.29) is 36.4 Å². The molecule has 10 heteroatoms. The molecule has 1 saturated heterocycles. The van der Waals surface area contributed by atoms with E-state index in [4.69, 9.17) is 10.5 Å². The Morgan fingerprint density at radius 3 is 2.20 bits per heavy atom. The third-order valence-electron chi connectivity index (χ3n) is 9.73. The summed E-state index contributed by atoms with van der Waals surface area (Å²) < 4.78 is 6.29. The zero-order valence-electron chi connectivity index (χ0n) is 31.3. The highest BCUT2D eigenvalue weighted by atomic mass is 32.1. The molecule has 4 atom stereocenters. The van der Waals surface area contributed by atoms with Crippen molar-refractivity contribution in [2.45, 2.75) is 130 Å². The second-order valence-corrected chi connectivity index (χ2v) is 15.9. The molecule has 4 rings (SSSR count). The van der Waals surface area contributed by atoms with Gasteiger partial charge in [0.2, 0.25) is 17.7 Å². The van der Waals surface area contributed by atoms with Gasteiger partial charge >= 0.3 is 0 Å². The van der Waals surface area contributed by atoms with Crippen LogP contribution in [0.3, 0.4) is 0 Å². The van der Waals surface area contributed by atoms with E-state index in [1.54, 1.807) is 16.2 Å². The van der Waals surface area contributed by atoms with Gasteiger partial charge in [0, 0.05) is 19.4 Å². The van der Waals surface area contributed by atoms with Gasteiger partial charge in [-0.2, -0.15) is 0 Å². The number of unbranched alkanes of at least 4 members (excludes halogenated alkanes) is 7. The monoisotopic (exact) mass is 717 g/mol. The number of ether oxygens (including phenoxy) is 1. The highest BCUT2D eigenvalue weighted by Crippen LogP contribution is 2.30. The Morgan fingerprint density at radius 2 is 1.59 bits per heavy atom. The first-order valence-corrected chi connectivity index (χ1v) is 19.6. The maximum Gasteiger partial charge on any atom is 0.246 e. The van der Waals surface area contributed by atoms with Gasteiger partial charge in [-0.1, -0.05) is 114 Å². The smallest absolute Gasteiger partial charge is 0.246 e. The van der Waals surface area contributed by atoms with Crippen molar-refractivity contribution in [2.24, 2.45) is 11.1 Å². The minimum absolute atomic E-state index is 0.131. The van der Waals surface area contributed by atoms with Crippen LogP contribution >= 0.6 is 11.3 Å². The Labute approximate surface area is 309 Å². The summed E-state index contributed by atoms with van der Waals surface area (Å²) in [7, 11) is 0. The van der Waals surface area contributed by atoms with Gasteiger partial charge < -0.3 is 26.0 Å². The minimum Gasteiger partial charge on any atom is -0.372 e. The molecule has 0 saturated carbocycles. The predicted octanol–water partition coefficient (Wildman–Crippen LogP) is 7.48. The van der Waals surface area contributed by atoms with Gasteiger partial charge in [-0.15, -0.1) is 11.3 Å². The quantitative estimate of drug-likeness (QED) is 0.110. The van der Waals surface area contributed by atoms with Crippen molar-refractivity contribution in [3.8, 4) is 10.4 Å². The van der Waals surface area contributed by atoms with E-state index in [1.807, 2.05) is 82.6 Å². The molecule has 3 aromatic rings. The highest BCUT2D eigenvalue weighted by Gasteiger charge is 2.45. The number of thiazole rings is 1. The number of hydrogen-bond donors (Lipinski definition) is 3. The number of carbonyl (C=O) groups excluding carboxylic acids is 3. The van der Waals surface area contributed by atoms with E-state index in [0.29, 0.717) is 19.4 Å². The lowest BCUT2D eigenvalue weighted by Gasteiger charge is -2.35. The molecule has 0 radical (unpaired) electrons. The minimum atomic E-state index is -0.782. The summed E-state index contributed by atoms with van der Waals surface area (Å²) in [5.74, 6) is -0.615. The molecule has 2 aromatic carbocycles. The van der Waals surface area contributed by atoms with Crippen LogP contribution in [-0.2, 0) is 25.7 Å². The lowest BCUT2D eigenvalue weighted by Crippen LogP contribution is -2.57. The number of amides is 3. The van der Waals surface area contributed by atoms with Crippen molar-refractivity contribution in [1.82, 2.24) is 20.5 Å². The third kappa shape index (κ3) is 12.3. The number of aryl methyl sites for hydroxylation is 1. The number of likely N-dealkylation sites (tertiary alicyclic amines) is 1. The second-order valence-electron chi connectivity index (χ2n) is 15.0. The molecule has 0 spiro atoms. The molecule has 2 heterocycles. The summed E-state index contributed by atoms with van der Waals surface area (Å²) in [6, 6.07) is 16.3. The summed E-state index contributed by atoms with van der Waals surface area (Å²) in [5, 5.41) is 6.23. The first-order chi connectivity index (χ1) is 24.5. The summed E-state index contributed by atoms with van der Waals surface area (Å²) in [6.45, 7) is 11.2. The number of carbonyl (C=O) groups is 3. The molecule has 1 fully saturated rings. The van der Waals surface area contributed by atoms with Gasteiger partial charge in [-0.25, -0.2) is 4.98 Å². The van der Waals surface area contributed by atoms with Crippen LogP contribution in [0.1, 0.15) is 115 Å². The molecule has 1 aliphatic rings. The molecule has 51 heavy (non-hydrogen) atoms. The Bertz CT molecular complexity index is 1520. The molecule has 9 nitrogen and oxygen atoms in total. The van der Waals surface area contributed by atoms with E-state index in [2.05, 4.69) is 27.8 Å². The normalized spacial score (nSPS) is 17.3. The van der Waals surface area contributed by atoms with Crippen LogP contribution in [-0.4, -0.2) is 58.9 Å². The van der Waals surface area contributed by atoms with Gasteiger partial charge in [-0.3, -0.25) is 14.4 Å². The number of nitrogens with two attached hydrogens (primary N) is 1. The highest BCUT2D eigenvalue weighted by molar-refractivity contribution is 7.13. The predicted molar refractivity (Wildman–Crippen MR) is 206 cm³/mol. The largest absolute Gasteiger partial charge is 0.372 e. The van der Waals surface area contributed by atoms with Crippen molar-refractivity contribution in [1.29, 1.82) is 0 Å². The van der Waals surface area contributed by atoms with Crippen molar-refractivity contribution in [3.63, 3.8) is 0 Å². The van der Waals surface area contributed by atoms with Gasteiger partial charge in [0.15, 0.2) is 0 Å². The zero-order chi connectivity index (χ0) is 36.8. The molecule has 278 valence electrons. The first kappa shape index (κ1) is 40.2. The number of hydrogen-bond acceptors (Lipinski definition) is 7. The van der Waals surface area contributed by atoms with Crippen LogP contribution in [0.4, 0.5) is 0 Å². The molecular formula is C41H59N5O4S. The molecule has 1 aromatic heterocycles. The fraction of sp³-hybridized carbons (Fsp3) is 0.561. The van der Waals surface area contributed by atoms with Crippen molar-refractivity contribution in [3.05, 3.63) is 76.9 Å². The maximum absolute atomic E-state index is 14.4. The van der Waals surface area contributed by atoms with Crippen LogP contribution < -0.4 is 16.4 Å². The van der Waals surface area contributed by atoms with Crippen molar-refractivity contribution >= 4 is 29.1 Å². The van der Waals surface area contributed by atoms with Crippen molar-refractivity contribution < 1.29 is 19.1 Å². The lowest BCUT2D eigenvalue weighted by molar-refractivity contribution is -0.144. The number of benzene rings is 2. The van der Waals surface area contributed by atoms with Crippen LogP contribution in [0, 0.1) is 12.3 Å². The molecule has 0 aliphatic carbocycles. The Morgan fingerprint density at radius 1 is 0.941 bits per heavy atom. The van der Waals surface area contributed by atoms with Crippen LogP contribution in [0.5, 0.6) is 0 Å². The Balaban J connectivity index is 1.41. The third-order valence-corrected chi connectivity index (χ3v) is 10.7. The molecular weight excluding hydrogens is 659 g/mol. The van der Waals surface area contributed by atoms with E-state index in [9.17, 15) is 14.4 Å². The summed E-state index contributed by atoms with van der Waals surface area (Å²) in [4.78, 5) is 48.7. The first-order valence-electron chi connectivity index (χ1n) is 18.7. The lowest BCUT2D eigenvalue weighted by atomic mass is 9.85. The standard InChI is InChI=1S/C41H59N5O4S/c1-29(32-20-22-33(23-21-32)37-30(2)43-28-51-37)44-39(48)35-25-34(50-27-31-17-13-12-14-18-31)26-46(35)40(49)38(41(3,4)5)45-36(47)19-15-10-8-6-7-9-11-16-24-42/h12-14,17-18,20-23,28-29,34-35,38H,6-11,15-16,19,24-27,42H2,1-5H3,(H,44,48)(H,45,47)/t29-,34+,35-,38+/m0/s1. The van der Waals surface area contributed by atoms with E-state index in [1.165, 1.54) is 19.3 Å². The number of aromatic nitrogens is 1. The summed E-state index contributed by atoms with van der Waals surface area (Å²) in [5.41, 5.74) is 10.9. The maximum atomic E-state index is 14.4. The fourth-order valence-corrected chi connectivity index (χ4v) is 7.44. The summed E-state index contributed by atoms with van der Waals surface area (Å²) >= 11 is 1.61. The molecule has 1 aliphatic heterocycles. The van der Waals surface area contributed by atoms with Gasteiger partial charge in [-0.05, 0) is 55.3 Å². The topological polar surface area (TPSA) is 127 Å². The average molecular weight is 718 g/mol. The fourth-order valence-electron chi connectivity index (χ4n) is 6.63.